The number of rotatable bonds is 5. The Hall–Kier alpha value is -2.28. The van der Waals surface area contributed by atoms with Gasteiger partial charge in [-0.15, -0.1) is 11.8 Å². The molecule has 7 heteroatoms. The van der Waals surface area contributed by atoms with Crippen LogP contribution in [0.4, 0.5) is 0 Å². The maximum Gasteiger partial charge on any atom is 0.310 e. The van der Waals surface area contributed by atoms with Crippen molar-refractivity contribution in [3.8, 4) is 0 Å². The zero-order valence-electron chi connectivity index (χ0n) is 15.6. The van der Waals surface area contributed by atoms with Crippen molar-refractivity contribution in [2.45, 2.75) is 24.7 Å². The van der Waals surface area contributed by atoms with Gasteiger partial charge in [0.25, 0.3) is 5.56 Å². The minimum atomic E-state index is -0.238. The molecule has 144 valence electrons. The van der Waals surface area contributed by atoms with E-state index in [9.17, 15) is 14.4 Å². The van der Waals surface area contributed by atoms with E-state index >= 15 is 0 Å². The molecule has 0 saturated carbocycles. The molecule has 27 heavy (non-hydrogen) atoms. The Morgan fingerprint density at radius 2 is 2.07 bits per heavy atom. The quantitative estimate of drug-likeness (QED) is 0.581. The summed E-state index contributed by atoms with van der Waals surface area (Å²) in [7, 11) is 1.74. The molecule has 0 aliphatic carbocycles. The van der Waals surface area contributed by atoms with Gasteiger partial charge in [0.2, 0.25) is 5.91 Å². The van der Waals surface area contributed by atoms with E-state index < -0.39 is 0 Å². The smallest absolute Gasteiger partial charge is 0.310 e. The molecule has 0 bridgehead atoms. The molecule has 6 nitrogen and oxygen atoms in total. The number of hydrogen-bond donors (Lipinski definition) is 0. The minimum absolute atomic E-state index is 0.0150. The van der Waals surface area contributed by atoms with Crippen LogP contribution in [-0.2, 0) is 21.4 Å². The molecule has 1 atom stereocenters. The molecule has 0 radical (unpaired) electrons. The zero-order valence-corrected chi connectivity index (χ0v) is 16.5. The Bertz CT molecular complexity index is 908. The number of esters is 1. The van der Waals surface area contributed by atoms with Gasteiger partial charge in [-0.3, -0.25) is 14.4 Å². The van der Waals surface area contributed by atoms with Crippen molar-refractivity contribution in [2.24, 2.45) is 13.0 Å². The number of piperidine rings is 1. The first kappa shape index (κ1) is 19.5. The van der Waals surface area contributed by atoms with Crippen LogP contribution in [0.25, 0.3) is 10.9 Å². The molecule has 0 spiro atoms. The summed E-state index contributed by atoms with van der Waals surface area (Å²) in [4.78, 5) is 39.3. The minimum Gasteiger partial charge on any atom is -0.466 e. The number of likely N-dealkylation sites (tertiary alicyclic amines) is 1. The number of aryl methyl sites for hydroxylation is 1. The van der Waals surface area contributed by atoms with E-state index in [1.165, 1.54) is 11.8 Å². The van der Waals surface area contributed by atoms with E-state index in [4.69, 9.17) is 4.74 Å². The highest BCUT2D eigenvalue weighted by Crippen LogP contribution is 2.27. The van der Waals surface area contributed by atoms with E-state index in [-0.39, 0.29) is 29.1 Å². The maximum absolute atomic E-state index is 12.7. The summed E-state index contributed by atoms with van der Waals surface area (Å²) in [6, 6.07) is 9.26. The largest absolute Gasteiger partial charge is 0.466 e. The van der Waals surface area contributed by atoms with Crippen LogP contribution >= 0.6 is 11.8 Å². The molecule has 1 amide bonds. The van der Waals surface area contributed by atoms with E-state index in [1.54, 1.807) is 29.5 Å². The predicted molar refractivity (Wildman–Crippen MR) is 106 cm³/mol. The molecule has 1 aliphatic heterocycles. The third kappa shape index (κ3) is 4.35. The third-order valence-electron chi connectivity index (χ3n) is 4.86. The van der Waals surface area contributed by atoms with Gasteiger partial charge in [-0.2, -0.15) is 0 Å². The van der Waals surface area contributed by atoms with Crippen molar-refractivity contribution in [2.75, 3.05) is 25.4 Å². The average molecular weight is 388 g/mol. The average Bonchev–Trinajstić information content (AvgIpc) is 2.69. The SMILES string of the molecule is CCOC(=O)C1CCCN(C(=O)CSc2cc(=O)n(C)c3ccccc23)C1. The highest BCUT2D eigenvalue weighted by atomic mass is 32.2. The van der Waals surface area contributed by atoms with Gasteiger partial charge in [0.05, 0.1) is 23.8 Å². The summed E-state index contributed by atoms with van der Waals surface area (Å²) in [5.74, 6) is -0.233. The third-order valence-corrected chi connectivity index (χ3v) is 5.90. The fourth-order valence-electron chi connectivity index (χ4n) is 3.39. The number of hydrogen-bond acceptors (Lipinski definition) is 5. The predicted octanol–water partition coefficient (Wildman–Crippen LogP) is 2.43. The Balaban J connectivity index is 1.69. The van der Waals surface area contributed by atoms with Gasteiger partial charge >= 0.3 is 5.97 Å². The number of benzene rings is 1. The molecule has 2 aromatic rings. The fourth-order valence-corrected chi connectivity index (χ4v) is 4.36. The second-order valence-electron chi connectivity index (χ2n) is 6.64. The Morgan fingerprint density at radius 3 is 2.85 bits per heavy atom. The van der Waals surface area contributed by atoms with Gasteiger partial charge in [-0.25, -0.2) is 0 Å². The normalized spacial score (nSPS) is 17.1. The molecule has 1 saturated heterocycles. The van der Waals surface area contributed by atoms with Crippen molar-refractivity contribution < 1.29 is 14.3 Å². The van der Waals surface area contributed by atoms with Crippen LogP contribution in [0.2, 0.25) is 0 Å². The number of fused-ring (bicyclic) bond motifs is 1. The number of carbonyl (C=O) groups excluding carboxylic acids is 2. The first-order valence-corrected chi connectivity index (χ1v) is 10.2. The molecule has 3 rings (SSSR count). The molecular weight excluding hydrogens is 364 g/mol. The van der Waals surface area contributed by atoms with Crippen LogP contribution < -0.4 is 5.56 Å². The summed E-state index contributed by atoms with van der Waals surface area (Å²) in [6.07, 6.45) is 1.56. The van der Waals surface area contributed by atoms with Gasteiger partial charge in [0.1, 0.15) is 0 Å². The lowest BCUT2D eigenvalue weighted by Crippen LogP contribution is -2.43. The van der Waals surface area contributed by atoms with Gasteiger partial charge in [-0.05, 0) is 25.8 Å². The van der Waals surface area contributed by atoms with E-state index in [0.29, 0.717) is 19.7 Å². The maximum atomic E-state index is 12.7. The van der Waals surface area contributed by atoms with Gasteiger partial charge < -0.3 is 14.2 Å². The lowest BCUT2D eigenvalue weighted by molar-refractivity contribution is -0.151. The molecule has 1 aliphatic rings. The van der Waals surface area contributed by atoms with Crippen LogP contribution in [0.1, 0.15) is 19.8 Å². The molecular formula is C20H24N2O4S. The van der Waals surface area contributed by atoms with Crippen LogP contribution in [0.3, 0.4) is 0 Å². The summed E-state index contributed by atoms with van der Waals surface area (Å²) in [5.41, 5.74) is 0.754. The number of pyridine rings is 1. The van der Waals surface area contributed by atoms with Crippen LogP contribution in [0, 0.1) is 5.92 Å². The van der Waals surface area contributed by atoms with Crippen molar-refractivity contribution >= 4 is 34.5 Å². The highest BCUT2D eigenvalue weighted by Gasteiger charge is 2.29. The monoisotopic (exact) mass is 388 g/mol. The van der Waals surface area contributed by atoms with Gasteiger partial charge in [0.15, 0.2) is 0 Å². The number of aromatic nitrogens is 1. The highest BCUT2D eigenvalue weighted by molar-refractivity contribution is 8.00. The number of carbonyl (C=O) groups is 2. The van der Waals surface area contributed by atoms with Crippen molar-refractivity contribution in [3.63, 3.8) is 0 Å². The molecule has 1 aromatic carbocycles. The number of para-hydroxylation sites is 1. The molecule has 1 fully saturated rings. The summed E-state index contributed by atoms with van der Waals surface area (Å²) < 4.78 is 6.70. The van der Waals surface area contributed by atoms with Crippen LogP contribution in [0.5, 0.6) is 0 Å². The summed E-state index contributed by atoms with van der Waals surface area (Å²) in [6.45, 7) is 3.21. The first-order chi connectivity index (χ1) is 13.0. The fraction of sp³-hybridized carbons (Fsp3) is 0.450. The van der Waals surface area contributed by atoms with Crippen LogP contribution in [-0.4, -0.2) is 46.8 Å². The molecule has 0 N–H and O–H groups in total. The molecule has 1 unspecified atom stereocenters. The Kier molecular flexibility index (Phi) is 6.21. The van der Waals surface area contributed by atoms with E-state index in [2.05, 4.69) is 0 Å². The number of ether oxygens (including phenoxy) is 1. The second kappa shape index (κ2) is 8.61. The second-order valence-corrected chi connectivity index (χ2v) is 7.66. The summed E-state index contributed by atoms with van der Waals surface area (Å²) in [5, 5.41) is 0.959. The zero-order chi connectivity index (χ0) is 19.4. The Morgan fingerprint density at radius 1 is 1.30 bits per heavy atom. The number of thioether (sulfide) groups is 1. The van der Waals surface area contributed by atoms with E-state index in [0.717, 1.165) is 28.6 Å². The van der Waals surface area contributed by atoms with Gasteiger partial charge in [-0.1, -0.05) is 18.2 Å². The number of amides is 1. The lowest BCUT2D eigenvalue weighted by Gasteiger charge is -2.31. The Labute approximate surface area is 162 Å². The van der Waals surface area contributed by atoms with E-state index in [1.807, 2.05) is 24.3 Å². The first-order valence-electron chi connectivity index (χ1n) is 9.17. The molecule has 2 heterocycles. The van der Waals surface area contributed by atoms with Crippen molar-refractivity contribution in [3.05, 3.63) is 40.7 Å². The van der Waals surface area contributed by atoms with Crippen molar-refractivity contribution in [1.29, 1.82) is 0 Å². The lowest BCUT2D eigenvalue weighted by atomic mass is 9.98. The topological polar surface area (TPSA) is 68.6 Å². The standard InChI is InChI=1S/C20H24N2O4S/c1-3-26-20(25)14-7-6-10-22(12-14)19(24)13-27-17-11-18(23)21(2)16-9-5-4-8-15(16)17/h4-5,8-9,11,14H,3,6-7,10,12-13H2,1-2H3. The van der Waals surface area contributed by atoms with Crippen molar-refractivity contribution in [1.82, 2.24) is 9.47 Å². The molecule has 1 aromatic heterocycles. The summed E-state index contributed by atoms with van der Waals surface area (Å²) >= 11 is 1.37. The number of nitrogens with zero attached hydrogens (tertiary/aromatic N) is 2. The van der Waals surface area contributed by atoms with Gasteiger partial charge in [0, 0.05) is 36.5 Å². The van der Waals surface area contributed by atoms with Crippen LogP contribution in [0.15, 0.2) is 40.0 Å².